The standard InChI is InChI=1S/C9H10BrNO3/c10-6-3-5(1-2-8(6)12)4-7(11)9(13)14/h1-3,7,12H,4,11H2,(H,13,14)/t7-/m0/s1/i1+1,2+1,3+1,4+1,5+1,6+1,7+1,8+1,9+1. The number of hydrogen-bond donors (Lipinski definition) is 3. The molecule has 4 nitrogen and oxygen atoms in total. The first kappa shape index (κ1) is 11.0. The summed E-state index contributed by atoms with van der Waals surface area (Å²) in [6.07, 6.45) is 0.244. The fourth-order valence-corrected chi connectivity index (χ4v) is 1.44. The van der Waals surface area contributed by atoms with Crippen LogP contribution in [0.1, 0.15) is 5.56 Å². The van der Waals surface area contributed by atoms with E-state index in [-0.39, 0.29) is 12.2 Å². The minimum absolute atomic E-state index is 0.123. The minimum atomic E-state index is -1.03. The number of phenols is 1. The molecular formula is C9H10BrNO3. The second-order valence-electron chi connectivity index (χ2n) is 2.93. The third-order valence-corrected chi connectivity index (χ3v) is 2.42. The lowest BCUT2D eigenvalue weighted by Crippen LogP contribution is -2.32. The zero-order valence-electron chi connectivity index (χ0n) is 7.27. The van der Waals surface area contributed by atoms with Crippen molar-refractivity contribution in [1.82, 2.24) is 0 Å². The van der Waals surface area contributed by atoms with Gasteiger partial charge in [-0.3, -0.25) is 4.79 Å². The first-order valence-electron chi connectivity index (χ1n) is 3.96. The Kier molecular flexibility index (Phi) is 3.49. The van der Waals surface area contributed by atoms with Crippen molar-refractivity contribution < 1.29 is 15.0 Å². The Bertz CT molecular complexity index is 354. The van der Waals surface area contributed by atoms with E-state index in [0.717, 1.165) is 5.56 Å². The number of phenolic OH excluding ortho intramolecular Hbond substituents is 1. The van der Waals surface area contributed by atoms with Gasteiger partial charge in [0.1, 0.15) is 11.8 Å². The molecule has 0 heterocycles. The fourth-order valence-electron chi connectivity index (χ4n) is 1.02. The Morgan fingerprint density at radius 1 is 1.57 bits per heavy atom. The van der Waals surface area contributed by atoms with Crippen molar-refractivity contribution in [3.05, 3.63) is 28.2 Å². The summed E-state index contributed by atoms with van der Waals surface area (Å²) in [4.78, 5) is 10.5. The lowest BCUT2D eigenvalue weighted by molar-refractivity contribution is -0.138. The highest BCUT2D eigenvalue weighted by Gasteiger charge is 2.12. The van der Waals surface area contributed by atoms with E-state index in [4.69, 9.17) is 10.8 Å². The molecule has 0 fully saturated rings. The van der Waals surface area contributed by atoms with Gasteiger partial charge in [-0.2, -0.15) is 0 Å². The third-order valence-electron chi connectivity index (χ3n) is 1.78. The number of carbonyl (C=O) groups is 1. The average molecular weight is 269 g/mol. The fraction of sp³-hybridized carbons (Fsp3) is 0.222. The number of hydrogen-bond acceptors (Lipinski definition) is 3. The highest BCUT2D eigenvalue weighted by molar-refractivity contribution is 9.10. The molecule has 1 aromatic rings. The zero-order chi connectivity index (χ0) is 10.7. The van der Waals surface area contributed by atoms with Crippen molar-refractivity contribution in [2.24, 2.45) is 5.73 Å². The van der Waals surface area contributed by atoms with Gasteiger partial charge in [-0.05, 0) is 40.0 Å². The van der Waals surface area contributed by atoms with Crippen LogP contribution in [0.5, 0.6) is 5.75 Å². The van der Waals surface area contributed by atoms with Crippen LogP contribution in [0.4, 0.5) is 0 Å². The Hall–Kier alpha value is -1.07. The molecule has 1 atom stereocenters. The van der Waals surface area contributed by atoms with Crippen LogP contribution in [0.15, 0.2) is 22.7 Å². The summed E-state index contributed by atoms with van der Waals surface area (Å²) in [5, 5.41) is 17.8. The molecule has 0 unspecified atom stereocenters. The van der Waals surface area contributed by atoms with Crippen molar-refractivity contribution in [1.29, 1.82) is 0 Å². The van der Waals surface area contributed by atoms with E-state index in [2.05, 4.69) is 15.9 Å². The Morgan fingerprint density at radius 2 is 2.21 bits per heavy atom. The molecule has 0 saturated heterocycles. The molecule has 5 heteroatoms. The predicted octanol–water partition coefficient (Wildman–Crippen LogP) is 1.11. The number of aromatic hydroxyl groups is 1. The molecule has 0 amide bonds. The highest BCUT2D eigenvalue weighted by Crippen LogP contribution is 2.24. The first-order chi connectivity index (χ1) is 6.50. The van der Waals surface area contributed by atoms with E-state index in [0.29, 0.717) is 4.47 Å². The third kappa shape index (κ3) is 2.71. The number of halogens is 1. The zero-order valence-corrected chi connectivity index (χ0v) is 8.86. The molecule has 0 aromatic heterocycles. The molecule has 14 heavy (non-hydrogen) atoms. The number of rotatable bonds is 3. The van der Waals surface area contributed by atoms with Crippen LogP contribution in [0.2, 0.25) is 0 Å². The maximum atomic E-state index is 10.5. The second kappa shape index (κ2) is 4.43. The predicted molar refractivity (Wildman–Crippen MR) is 55.1 cm³/mol. The van der Waals surface area contributed by atoms with Gasteiger partial charge in [0.05, 0.1) is 4.47 Å². The van der Waals surface area contributed by atoms with Crippen LogP contribution >= 0.6 is 15.9 Å². The van der Waals surface area contributed by atoms with E-state index in [1.165, 1.54) is 6.07 Å². The summed E-state index contributed by atoms with van der Waals surface area (Å²) < 4.78 is 0.535. The molecule has 1 rings (SSSR count). The van der Waals surface area contributed by atoms with Gasteiger partial charge in [0.15, 0.2) is 0 Å². The molecule has 0 radical (unpaired) electrons. The van der Waals surface area contributed by atoms with Gasteiger partial charge in [0.2, 0.25) is 0 Å². The highest BCUT2D eigenvalue weighted by atomic mass is 79.9. The summed E-state index contributed by atoms with van der Waals surface area (Å²) in [5.41, 5.74) is 6.13. The van der Waals surface area contributed by atoms with Gasteiger partial charge < -0.3 is 15.9 Å². The van der Waals surface area contributed by atoms with Crippen molar-refractivity contribution in [3.8, 4) is 5.75 Å². The number of carboxylic acids is 1. The summed E-state index contributed by atoms with van der Waals surface area (Å²) in [6.45, 7) is 0. The lowest BCUT2D eigenvalue weighted by Gasteiger charge is -2.07. The van der Waals surface area contributed by atoms with Crippen LogP contribution < -0.4 is 5.73 Å². The smallest absolute Gasteiger partial charge is 0.320 e. The van der Waals surface area contributed by atoms with Gasteiger partial charge >= 0.3 is 5.97 Å². The van der Waals surface area contributed by atoms with E-state index in [1.54, 1.807) is 12.1 Å². The minimum Gasteiger partial charge on any atom is -0.507 e. The topological polar surface area (TPSA) is 83.5 Å². The van der Waals surface area contributed by atoms with Crippen LogP contribution in [-0.4, -0.2) is 22.2 Å². The summed E-state index contributed by atoms with van der Waals surface area (Å²) in [7, 11) is 0. The molecule has 0 aliphatic rings. The molecule has 76 valence electrons. The van der Waals surface area contributed by atoms with Crippen LogP contribution in [0.3, 0.4) is 0 Å². The van der Waals surface area contributed by atoms with E-state index in [1.807, 2.05) is 0 Å². The van der Waals surface area contributed by atoms with Gasteiger partial charge in [0, 0.05) is 0 Å². The number of aliphatic carboxylic acids is 1. The molecule has 4 N–H and O–H groups in total. The molecule has 0 aliphatic heterocycles. The molecule has 1 aromatic carbocycles. The number of carboxylic acid groups (broad SMARTS) is 1. The van der Waals surface area contributed by atoms with Gasteiger partial charge in [0.25, 0.3) is 0 Å². The van der Waals surface area contributed by atoms with Gasteiger partial charge in [-0.25, -0.2) is 0 Å². The van der Waals surface area contributed by atoms with Crippen molar-refractivity contribution >= 4 is 21.9 Å². The van der Waals surface area contributed by atoms with Gasteiger partial charge in [-0.15, -0.1) is 0 Å². The van der Waals surface area contributed by atoms with Crippen LogP contribution in [0, 0.1) is 0 Å². The first-order valence-corrected chi connectivity index (χ1v) is 4.76. The quantitative estimate of drug-likeness (QED) is 0.718. The van der Waals surface area contributed by atoms with Crippen molar-refractivity contribution in [2.75, 3.05) is 0 Å². The SMILES string of the molecule is N[13C@@H]([13CH2][13c]1[13cH][13cH][13c](O)[13c](Br)[13cH]1)[13C](=O)O. The van der Waals surface area contributed by atoms with Crippen LogP contribution in [0.25, 0.3) is 0 Å². The Morgan fingerprint density at radius 3 is 2.71 bits per heavy atom. The van der Waals surface area contributed by atoms with E-state index in [9.17, 15) is 9.90 Å². The van der Waals surface area contributed by atoms with Crippen LogP contribution in [-0.2, 0) is 11.2 Å². The normalized spacial score (nSPS) is 12.4. The lowest BCUT2D eigenvalue weighted by atomic mass is 11.0. The second-order valence-corrected chi connectivity index (χ2v) is 3.79. The summed E-state index contributed by atoms with van der Waals surface area (Å²) in [5.74, 6) is -0.910. The summed E-state index contributed by atoms with van der Waals surface area (Å²) in [6, 6.07) is 3.88. The summed E-state index contributed by atoms with van der Waals surface area (Å²) >= 11 is 3.13. The molecule has 0 saturated carbocycles. The Balaban J connectivity index is 2.78. The van der Waals surface area contributed by atoms with Crippen molar-refractivity contribution in [2.45, 2.75) is 12.5 Å². The maximum absolute atomic E-state index is 10.5. The molecule has 0 aliphatic carbocycles. The molecule has 0 spiro atoms. The number of benzene rings is 1. The maximum Gasteiger partial charge on any atom is 0.320 e. The van der Waals surface area contributed by atoms with E-state index >= 15 is 0 Å². The molecule has 0 bridgehead atoms. The number of nitrogens with two attached hydrogens (primary N) is 1. The monoisotopic (exact) mass is 268 g/mol. The van der Waals surface area contributed by atoms with E-state index < -0.39 is 12.0 Å². The largest absolute Gasteiger partial charge is 0.507 e. The Labute approximate surface area is 89.5 Å². The van der Waals surface area contributed by atoms with Gasteiger partial charge in [-0.1, -0.05) is 6.07 Å². The average Bonchev–Trinajstić information content (AvgIpc) is 2.11. The van der Waals surface area contributed by atoms with Crippen molar-refractivity contribution in [3.63, 3.8) is 0 Å². The molecular weight excluding hydrogens is 259 g/mol.